The van der Waals surface area contributed by atoms with Gasteiger partial charge in [0.2, 0.25) is 0 Å². The second-order valence-electron chi connectivity index (χ2n) is 4.00. The molecule has 1 N–H and O–H groups in total. The van der Waals surface area contributed by atoms with Crippen molar-refractivity contribution in [3.8, 4) is 0 Å². The van der Waals surface area contributed by atoms with Gasteiger partial charge in [-0.2, -0.15) is 13.2 Å². The Morgan fingerprint density at radius 1 is 1.21 bits per heavy atom. The van der Waals surface area contributed by atoms with E-state index in [9.17, 15) is 22.0 Å². The lowest BCUT2D eigenvalue weighted by atomic mass is 10.2. The summed E-state index contributed by atoms with van der Waals surface area (Å²) in [6, 6.07) is 2.43. The van der Waals surface area contributed by atoms with Crippen molar-refractivity contribution in [2.75, 3.05) is 25.1 Å². The van der Waals surface area contributed by atoms with Crippen molar-refractivity contribution in [3.05, 3.63) is 29.3 Å². The lowest BCUT2D eigenvalue weighted by molar-refractivity contribution is -0.173. The van der Waals surface area contributed by atoms with Gasteiger partial charge in [-0.25, -0.2) is 8.78 Å². The Hall–Kier alpha value is -1.37. The molecule has 0 aliphatic carbocycles. The van der Waals surface area contributed by atoms with E-state index in [-0.39, 0.29) is 30.8 Å². The monoisotopic (exact) mass is 283 g/mol. The van der Waals surface area contributed by atoms with E-state index in [2.05, 4.69) is 10.1 Å². The lowest BCUT2D eigenvalue weighted by Gasteiger charge is -2.11. The fourth-order valence-corrected chi connectivity index (χ4v) is 1.39. The van der Waals surface area contributed by atoms with E-state index in [0.29, 0.717) is 0 Å². The Labute approximate surface area is 107 Å². The molecule has 7 heteroatoms. The zero-order valence-electron chi connectivity index (χ0n) is 10.3. The molecule has 1 rings (SSSR count). The van der Waals surface area contributed by atoms with Gasteiger partial charge in [-0.1, -0.05) is 6.07 Å². The van der Waals surface area contributed by atoms with Crippen LogP contribution in [0, 0.1) is 18.6 Å². The van der Waals surface area contributed by atoms with Crippen LogP contribution in [-0.4, -0.2) is 25.9 Å². The van der Waals surface area contributed by atoms with E-state index >= 15 is 0 Å². The van der Waals surface area contributed by atoms with Crippen LogP contribution in [0.2, 0.25) is 0 Å². The second kappa shape index (κ2) is 6.70. The molecule has 0 aliphatic rings. The highest BCUT2D eigenvalue weighted by Crippen LogP contribution is 2.21. The first kappa shape index (κ1) is 15.7. The normalized spacial score (nSPS) is 11.7. The van der Waals surface area contributed by atoms with Crippen molar-refractivity contribution >= 4 is 5.69 Å². The molecule has 0 heterocycles. The molecule has 0 bridgehead atoms. The highest BCUT2D eigenvalue weighted by molar-refractivity contribution is 5.48. The molecule has 19 heavy (non-hydrogen) atoms. The van der Waals surface area contributed by atoms with Gasteiger partial charge in [0.05, 0.1) is 0 Å². The number of ether oxygens (including phenoxy) is 1. The van der Waals surface area contributed by atoms with Crippen LogP contribution in [-0.2, 0) is 4.74 Å². The summed E-state index contributed by atoms with van der Waals surface area (Å²) < 4.78 is 66.4. The minimum atomic E-state index is -4.36. The van der Waals surface area contributed by atoms with Crippen molar-refractivity contribution in [2.45, 2.75) is 19.5 Å². The van der Waals surface area contributed by atoms with Gasteiger partial charge in [0.15, 0.2) is 5.82 Å². The highest BCUT2D eigenvalue weighted by atomic mass is 19.4. The first-order chi connectivity index (χ1) is 8.81. The molecule has 0 saturated heterocycles. The summed E-state index contributed by atoms with van der Waals surface area (Å²) in [5, 5.41) is 2.51. The molecule has 108 valence electrons. The van der Waals surface area contributed by atoms with Crippen LogP contribution in [0.5, 0.6) is 0 Å². The Balaban J connectivity index is 2.32. The van der Waals surface area contributed by atoms with E-state index < -0.39 is 24.4 Å². The average Bonchev–Trinajstić information content (AvgIpc) is 2.31. The molecule has 1 aromatic rings. The summed E-state index contributed by atoms with van der Waals surface area (Å²) >= 11 is 0. The topological polar surface area (TPSA) is 21.3 Å². The number of halogens is 5. The zero-order valence-corrected chi connectivity index (χ0v) is 10.3. The van der Waals surface area contributed by atoms with Crippen molar-refractivity contribution in [2.24, 2.45) is 0 Å². The third-order valence-electron chi connectivity index (χ3n) is 2.32. The Bertz CT molecular complexity index is 419. The number of hydrogen-bond acceptors (Lipinski definition) is 2. The van der Waals surface area contributed by atoms with Crippen molar-refractivity contribution in [3.63, 3.8) is 0 Å². The van der Waals surface area contributed by atoms with Gasteiger partial charge in [-0.15, -0.1) is 0 Å². The molecular formula is C12H14F5NO. The molecule has 0 spiro atoms. The molecule has 0 aliphatic heterocycles. The standard InChI is InChI=1S/C12H14F5NO/c1-8-3-4-9(13)11(10(8)14)18-5-2-6-19-7-12(15,16)17/h3-4,18H,2,5-7H2,1H3. The van der Waals surface area contributed by atoms with Crippen LogP contribution in [0.25, 0.3) is 0 Å². The first-order valence-electron chi connectivity index (χ1n) is 5.64. The third kappa shape index (κ3) is 5.42. The van der Waals surface area contributed by atoms with Gasteiger partial charge in [-0.3, -0.25) is 0 Å². The van der Waals surface area contributed by atoms with Crippen LogP contribution in [0.4, 0.5) is 27.6 Å². The molecule has 0 aromatic heterocycles. The van der Waals surface area contributed by atoms with Crippen molar-refractivity contribution < 1.29 is 26.7 Å². The molecule has 1 aromatic carbocycles. The van der Waals surface area contributed by atoms with Crippen LogP contribution < -0.4 is 5.32 Å². The number of benzene rings is 1. The quantitative estimate of drug-likeness (QED) is 0.635. The molecule has 2 nitrogen and oxygen atoms in total. The van der Waals surface area contributed by atoms with E-state index in [0.717, 1.165) is 6.07 Å². The second-order valence-corrected chi connectivity index (χ2v) is 4.00. The van der Waals surface area contributed by atoms with Gasteiger partial charge >= 0.3 is 6.18 Å². The molecular weight excluding hydrogens is 269 g/mol. The summed E-state index contributed by atoms with van der Waals surface area (Å²) in [7, 11) is 0. The number of anilines is 1. The number of alkyl halides is 3. The van der Waals surface area contributed by atoms with Gasteiger partial charge in [-0.05, 0) is 25.0 Å². The molecule has 0 saturated carbocycles. The maximum absolute atomic E-state index is 13.5. The predicted octanol–water partition coefficient (Wildman–Crippen LogP) is 3.65. The van der Waals surface area contributed by atoms with E-state index in [1.54, 1.807) is 0 Å². The van der Waals surface area contributed by atoms with Crippen LogP contribution in [0.1, 0.15) is 12.0 Å². The third-order valence-corrected chi connectivity index (χ3v) is 2.32. The Morgan fingerprint density at radius 3 is 2.53 bits per heavy atom. The van der Waals surface area contributed by atoms with E-state index in [1.165, 1.54) is 13.0 Å². The lowest BCUT2D eigenvalue weighted by Crippen LogP contribution is -2.18. The smallest absolute Gasteiger partial charge is 0.380 e. The molecule has 0 atom stereocenters. The first-order valence-corrected chi connectivity index (χ1v) is 5.64. The summed E-state index contributed by atoms with van der Waals surface area (Å²) in [5.41, 5.74) is 0.0213. The largest absolute Gasteiger partial charge is 0.411 e. The molecule has 0 fully saturated rings. The summed E-state index contributed by atoms with van der Waals surface area (Å²) in [4.78, 5) is 0. The minimum Gasteiger partial charge on any atom is -0.380 e. The predicted molar refractivity (Wildman–Crippen MR) is 61.1 cm³/mol. The maximum atomic E-state index is 13.5. The van der Waals surface area contributed by atoms with Crippen LogP contribution >= 0.6 is 0 Å². The minimum absolute atomic E-state index is 0.120. The average molecular weight is 283 g/mol. The number of aryl methyl sites for hydroxylation is 1. The summed E-state index contributed by atoms with van der Waals surface area (Å²) in [5.74, 6) is -1.43. The van der Waals surface area contributed by atoms with Gasteiger partial charge in [0.1, 0.15) is 18.1 Å². The zero-order chi connectivity index (χ0) is 14.5. The maximum Gasteiger partial charge on any atom is 0.411 e. The molecule has 0 unspecified atom stereocenters. The highest BCUT2D eigenvalue weighted by Gasteiger charge is 2.27. The Morgan fingerprint density at radius 2 is 1.89 bits per heavy atom. The van der Waals surface area contributed by atoms with Crippen LogP contribution in [0.3, 0.4) is 0 Å². The Kier molecular flexibility index (Phi) is 5.53. The van der Waals surface area contributed by atoms with Crippen molar-refractivity contribution in [1.82, 2.24) is 0 Å². The van der Waals surface area contributed by atoms with Crippen molar-refractivity contribution in [1.29, 1.82) is 0 Å². The fourth-order valence-electron chi connectivity index (χ4n) is 1.39. The number of nitrogens with one attached hydrogen (secondary N) is 1. The van der Waals surface area contributed by atoms with E-state index in [1.807, 2.05) is 0 Å². The SMILES string of the molecule is Cc1ccc(F)c(NCCCOCC(F)(F)F)c1F. The van der Waals surface area contributed by atoms with Gasteiger partial charge in [0, 0.05) is 13.2 Å². The van der Waals surface area contributed by atoms with Crippen LogP contribution in [0.15, 0.2) is 12.1 Å². The molecule has 0 amide bonds. The summed E-state index contributed by atoms with van der Waals surface area (Å²) in [6.45, 7) is 0.156. The molecule has 0 radical (unpaired) electrons. The number of hydrogen-bond donors (Lipinski definition) is 1. The van der Waals surface area contributed by atoms with Gasteiger partial charge in [0.25, 0.3) is 0 Å². The fraction of sp³-hybridized carbons (Fsp3) is 0.500. The van der Waals surface area contributed by atoms with E-state index in [4.69, 9.17) is 0 Å². The number of rotatable bonds is 6. The summed E-state index contributed by atoms with van der Waals surface area (Å²) in [6.07, 6.45) is -4.15. The van der Waals surface area contributed by atoms with Gasteiger partial charge < -0.3 is 10.1 Å².